The highest BCUT2D eigenvalue weighted by Crippen LogP contribution is 2.23. The zero-order valence-electron chi connectivity index (χ0n) is 15.8. The highest BCUT2D eigenvalue weighted by molar-refractivity contribution is 7.99. The van der Waals surface area contributed by atoms with E-state index in [0.717, 1.165) is 46.5 Å². The molecule has 3 rings (SSSR count). The molecule has 27 heavy (non-hydrogen) atoms. The van der Waals surface area contributed by atoms with E-state index in [1.807, 2.05) is 48.7 Å². The van der Waals surface area contributed by atoms with Crippen molar-refractivity contribution in [3.8, 4) is 11.5 Å². The molecular formula is C20H23N5OS. The van der Waals surface area contributed by atoms with E-state index >= 15 is 0 Å². The van der Waals surface area contributed by atoms with E-state index in [2.05, 4.69) is 33.5 Å². The topological polar surface area (TPSA) is 72.7 Å². The molecule has 2 aromatic heterocycles. The average molecular weight is 382 g/mol. The number of nitrogens with zero attached hydrogens (tertiary/aromatic N) is 4. The molecule has 1 N–H and O–H groups in total. The zero-order chi connectivity index (χ0) is 19.2. The summed E-state index contributed by atoms with van der Waals surface area (Å²) in [6.07, 6.45) is 2.69. The summed E-state index contributed by atoms with van der Waals surface area (Å²) in [6, 6.07) is 11.7. The summed E-state index contributed by atoms with van der Waals surface area (Å²) in [7, 11) is 0. The van der Waals surface area contributed by atoms with Crippen molar-refractivity contribution in [1.82, 2.24) is 19.7 Å². The number of hydrogen-bond acceptors (Lipinski definition) is 5. The maximum Gasteiger partial charge on any atom is 0.234 e. The largest absolute Gasteiger partial charge is 0.325 e. The summed E-state index contributed by atoms with van der Waals surface area (Å²) in [6.45, 7) is 6.91. The van der Waals surface area contributed by atoms with E-state index in [-0.39, 0.29) is 11.7 Å². The number of anilines is 1. The Hall–Kier alpha value is -2.67. The van der Waals surface area contributed by atoms with Crippen LogP contribution in [0.3, 0.4) is 0 Å². The Kier molecular flexibility index (Phi) is 6.24. The normalized spacial score (nSPS) is 10.8. The first-order valence-electron chi connectivity index (χ1n) is 8.92. The predicted molar refractivity (Wildman–Crippen MR) is 109 cm³/mol. The molecule has 6 nitrogen and oxygen atoms in total. The number of nitrogens with one attached hydrogen (secondary N) is 1. The van der Waals surface area contributed by atoms with Crippen molar-refractivity contribution in [3.63, 3.8) is 0 Å². The number of carbonyl (C=O) groups is 1. The summed E-state index contributed by atoms with van der Waals surface area (Å²) >= 11 is 1.39. The predicted octanol–water partition coefficient (Wildman–Crippen LogP) is 4.10. The van der Waals surface area contributed by atoms with Crippen molar-refractivity contribution in [3.05, 3.63) is 53.7 Å². The van der Waals surface area contributed by atoms with Gasteiger partial charge in [-0.2, -0.15) is 0 Å². The van der Waals surface area contributed by atoms with Crippen LogP contribution in [0, 0.1) is 13.8 Å². The molecule has 0 aliphatic rings. The van der Waals surface area contributed by atoms with Crippen molar-refractivity contribution in [2.45, 2.75) is 38.9 Å². The van der Waals surface area contributed by atoms with E-state index in [4.69, 9.17) is 0 Å². The average Bonchev–Trinajstić information content (AvgIpc) is 3.03. The molecule has 0 aliphatic heterocycles. The van der Waals surface area contributed by atoms with E-state index in [1.54, 1.807) is 6.20 Å². The number of benzene rings is 1. The number of rotatable bonds is 7. The van der Waals surface area contributed by atoms with Gasteiger partial charge in [0.25, 0.3) is 0 Å². The van der Waals surface area contributed by atoms with E-state index in [1.165, 1.54) is 11.8 Å². The molecule has 0 spiro atoms. The Bertz CT molecular complexity index is 903. The lowest BCUT2D eigenvalue weighted by atomic mass is 10.1. The van der Waals surface area contributed by atoms with E-state index in [9.17, 15) is 4.79 Å². The summed E-state index contributed by atoms with van der Waals surface area (Å²) < 4.78 is 2.02. The van der Waals surface area contributed by atoms with Crippen LogP contribution in [0.25, 0.3) is 11.5 Å². The third kappa shape index (κ3) is 4.95. The smallest absolute Gasteiger partial charge is 0.234 e. The van der Waals surface area contributed by atoms with E-state index in [0.29, 0.717) is 0 Å². The van der Waals surface area contributed by atoms with Crippen LogP contribution in [0.5, 0.6) is 0 Å². The molecule has 0 aliphatic carbocycles. The van der Waals surface area contributed by atoms with Crippen molar-refractivity contribution in [2.24, 2.45) is 0 Å². The van der Waals surface area contributed by atoms with Gasteiger partial charge in [-0.25, -0.2) is 0 Å². The molecule has 1 aromatic carbocycles. The van der Waals surface area contributed by atoms with Gasteiger partial charge in [-0.15, -0.1) is 10.2 Å². The number of hydrogen-bond donors (Lipinski definition) is 1. The Labute approximate surface area is 163 Å². The monoisotopic (exact) mass is 381 g/mol. The van der Waals surface area contributed by atoms with Crippen LogP contribution in [0.4, 0.5) is 5.69 Å². The number of thioether (sulfide) groups is 1. The number of aromatic nitrogens is 4. The third-order valence-electron chi connectivity index (χ3n) is 3.90. The minimum atomic E-state index is -0.0598. The first-order valence-corrected chi connectivity index (χ1v) is 9.91. The highest BCUT2D eigenvalue weighted by Gasteiger charge is 2.16. The molecule has 140 valence electrons. The molecule has 0 saturated carbocycles. The number of amides is 1. The van der Waals surface area contributed by atoms with Gasteiger partial charge in [0.1, 0.15) is 5.69 Å². The summed E-state index contributed by atoms with van der Waals surface area (Å²) in [4.78, 5) is 16.7. The Morgan fingerprint density at radius 2 is 1.93 bits per heavy atom. The summed E-state index contributed by atoms with van der Waals surface area (Å²) in [5.41, 5.74) is 3.86. The molecule has 1 amide bonds. The molecule has 0 fully saturated rings. The molecule has 0 radical (unpaired) electrons. The van der Waals surface area contributed by atoms with E-state index < -0.39 is 0 Å². The van der Waals surface area contributed by atoms with Crippen LogP contribution in [-0.4, -0.2) is 31.4 Å². The van der Waals surface area contributed by atoms with Crippen LogP contribution in [-0.2, 0) is 11.3 Å². The van der Waals surface area contributed by atoms with Gasteiger partial charge in [0.05, 0.1) is 5.75 Å². The van der Waals surface area contributed by atoms with Crippen molar-refractivity contribution in [2.75, 3.05) is 11.1 Å². The van der Waals surface area contributed by atoms with Crippen LogP contribution in [0.1, 0.15) is 24.5 Å². The summed E-state index contributed by atoms with van der Waals surface area (Å²) in [5.74, 6) is 0.946. The molecule has 2 heterocycles. The second-order valence-corrected chi connectivity index (χ2v) is 7.33. The van der Waals surface area contributed by atoms with Gasteiger partial charge in [0, 0.05) is 18.4 Å². The summed E-state index contributed by atoms with van der Waals surface area (Å²) in [5, 5.41) is 12.2. The minimum Gasteiger partial charge on any atom is -0.325 e. The lowest BCUT2D eigenvalue weighted by molar-refractivity contribution is -0.113. The fourth-order valence-electron chi connectivity index (χ4n) is 2.88. The van der Waals surface area contributed by atoms with Crippen molar-refractivity contribution in [1.29, 1.82) is 0 Å². The van der Waals surface area contributed by atoms with Crippen molar-refractivity contribution >= 4 is 23.4 Å². The van der Waals surface area contributed by atoms with Gasteiger partial charge in [-0.05, 0) is 55.7 Å². The van der Waals surface area contributed by atoms with Crippen LogP contribution in [0.2, 0.25) is 0 Å². The maximum absolute atomic E-state index is 12.4. The zero-order valence-corrected chi connectivity index (χ0v) is 16.6. The van der Waals surface area contributed by atoms with Crippen LogP contribution >= 0.6 is 11.8 Å². The molecule has 0 saturated heterocycles. The van der Waals surface area contributed by atoms with Gasteiger partial charge in [0.15, 0.2) is 11.0 Å². The highest BCUT2D eigenvalue weighted by atomic mass is 32.2. The van der Waals surface area contributed by atoms with Gasteiger partial charge >= 0.3 is 0 Å². The Morgan fingerprint density at radius 1 is 1.15 bits per heavy atom. The van der Waals surface area contributed by atoms with Gasteiger partial charge in [0.2, 0.25) is 5.91 Å². The second-order valence-electron chi connectivity index (χ2n) is 6.39. The lowest BCUT2D eigenvalue weighted by Gasteiger charge is -2.09. The Balaban J connectivity index is 1.70. The third-order valence-corrected chi connectivity index (χ3v) is 4.86. The van der Waals surface area contributed by atoms with Crippen LogP contribution in [0.15, 0.2) is 47.8 Å². The number of aryl methyl sites for hydroxylation is 2. The molecule has 3 aromatic rings. The maximum atomic E-state index is 12.4. The Morgan fingerprint density at radius 3 is 2.59 bits per heavy atom. The van der Waals surface area contributed by atoms with Gasteiger partial charge in [-0.1, -0.05) is 30.8 Å². The number of pyridine rings is 1. The SMILES string of the molecule is CCCn1c(SCC(=O)Nc2cc(C)cc(C)c2)nnc1-c1ccccn1. The lowest BCUT2D eigenvalue weighted by Crippen LogP contribution is -2.15. The standard InChI is InChI=1S/C20H23N5OS/c1-4-9-25-19(17-7-5-6-8-21-17)23-24-20(25)27-13-18(26)22-16-11-14(2)10-15(3)12-16/h5-8,10-12H,4,9,13H2,1-3H3,(H,22,26). The first-order chi connectivity index (χ1) is 13.1. The molecule has 0 atom stereocenters. The molecule has 0 bridgehead atoms. The first kappa shape index (κ1) is 19.1. The fourth-order valence-corrected chi connectivity index (χ4v) is 3.64. The van der Waals surface area contributed by atoms with Crippen LogP contribution < -0.4 is 5.32 Å². The molecule has 0 unspecified atom stereocenters. The van der Waals surface area contributed by atoms with Gasteiger partial charge in [-0.3, -0.25) is 9.78 Å². The molecule has 7 heteroatoms. The second kappa shape index (κ2) is 8.81. The quantitative estimate of drug-likeness (QED) is 0.624. The fraction of sp³-hybridized carbons (Fsp3) is 0.300. The van der Waals surface area contributed by atoms with Gasteiger partial charge < -0.3 is 9.88 Å². The minimum absolute atomic E-state index is 0.0598. The van der Waals surface area contributed by atoms with Crippen molar-refractivity contribution < 1.29 is 4.79 Å². The molecular weight excluding hydrogens is 358 g/mol. The number of carbonyl (C=O) groups excluding carboxylic acids is 1.